The highest BCUT2D eigenvalue weighted by Crippen LogP contribution is 2.16. The Bertz CT molecular complexity index is 305. The van der Waals surface area contributed by atoms with Gasteiger partial charge in [0.05, 0.1) is 10.7 Å². The van der Waals surface area contributed by atoms with Crippen LogP contribution in [0.4, 0.5) is 0 Å². The van der Waals surface area contributed by atoms with Crippen molar-refractivity contribution >= 4 is 11.3 Å². The molecular formula is C12H21N3S. The van der Waals surface area contributed by atoms with Gasteiger partial charge in [0.15, 0.2) is 0 Å². The highest BCUT2D eigenvalue weighted by atomic mass is 32.1. The van der Waals surface area contributed by atoms with Gasteiger partial charge >= 0.3 is 0 Å². The molecule has 1 aliphatic rings. The molecule has 1 aromatic heterocycles. The number of hydrogen-bond donors (Lipinski definition) is 2. The van der Waals surface area contributed by atoms with Crippen molar-refractivity contribution in [3.8, 4) is 0 Å². The monoisotopic (exact) mass is 239 g/mol. The van der Waals surface area contributed by atoms with Crippen molar-refractivity contribution in [2.24, 2.45) is 0 Å². The Hall–Kier alpha value is -0.450. The fourth-order valence-corrected chi connectivity index (χ4v) is 3.06. The topological polar surface area (TPSA) is 37.0 Å². The molecule has 0 saturated carbocycles. The van der Waals surface area contributed by atoms with Crippen LogP contribution in [-0.2, 0) is 12.8 Å². The molecular weight excluding hydrogens is 218 g/mol. The molecule has 90 valence electrons. The molecule has 1 atom stereocenters. The Morgan fingerprint density at radius 1 is 1.62 bits per heavy atom. The highest BCUT2D eigenvalue weighted by Gasteiger charge is 2.15. The molecule has 0 aliphatic carbocycles. The van der Waals surface area contributed by atoms with Crippen LogP contribution in [0.2, 0.25) is 0 Å². The summed E-state index contributed by atoms with van der Waals surface area (Å²) in [5.74, 6) is 0. The summed E-state index contributed by atoms with van der Waals surface area (Å²) in [4.78, 5) is 4.70. The molecule has 2 N–H and O–H groups in total. The van der Waals surface area contributed by atoms with E-state index in [1.807, 2.05) is 18.4 Å². The van der Waals surface area contributed by atoms with Crippen molar-refractivity contribution in [2.75, 3.05) is 20.1 Å². The first-order chi connectivity index (χ1) is 7.88. The SMILES string of the molecule is CNCCCc1csc(CC2CCCN2)n1. The molecule has 1 aromatic rings. The fraction of sp³-hybridized carbons (Fsp3) is 0.750. The zero-order valence-electron chi connectivity index (χ0n) is 9.96. The van der Waals surface area contributed by atoms with E-state index in [0.29, 0.717) is 6.04 Å². The van der Waals surface area contributed by atoms with Crippen LogP contribution in [-0.4, -0.2) is 31.2 Å². The van der Waals surface area contributed by atoms with Crippen LogP contribution in [0.3, 0.4) is 0 Å². The van der Waals surface area contributed by atoms with Gasteiger partial charge in [-0.05, 0) is 45.8 Å². The minimum Gasteiger partial charge on any atom is -0.320 e. The number of aromatic nitrogens is 1. The zero-order valence-corrected chi connectivity index (χ0v) is 10.8. The van der Waals surface area contributed by atoms with Gasteiger partial charge in [-0.3, -0.25) is 0 Å². The number of thiazole rings is 1. The highest BCUT2D eigenvalue weighted by molar-refractivity contribution is 7.09. The third-order valence-electron chi connectivity index (χ3n) is 3.04. The predicted molar refractivity (Wildman–Crippen MR) is 69.1 cm³/mol. The molecule has 1 unspecified atom stereocenters. The maximum atomic E-state index is 4.70. The number of nitrogens with zero attached hydrogens (tertiary/aromatic N) is 1. The van der Waals surface area contributed by atoms with Crippen molar-refractivity contribution < 1.29 is 0 Å². The Kier molecular flexibility index (Phi) is 4.75. The Balaban J connectivity index is 1.77. The summed E-state index contributed by atoms with van der Waals surface area (Å²) in [6, 6.07) is 0.677. The zero-order chi connectivity index (χ0) is 11.2. The molecule has 2 rings (SSSR count). The summed E-state index contributed by atoms with van der Waals surface area (Å²) < 4.78 is 0. The normalized spacial score (nSPS) is 20.4. The molecule has 0 amide bonds. The quantitative estimate of drug-likeness (QED) is 0.740. The van der Waals surface area contributed by atoms with Crippen LogP contribution in [0.25, 0.3) is 0 Å². The van der Waals surface area contributed by atoms with Crippen molar-refractivity contribution in [2.45, 2.75) is 38.1 Å². The van der Waals surface area contributed by atoms with E-state index in [1.54, 1.807) is 0 Å². The van der Waals surface area contributed by atoms with E-state index < -0.39 is 0 Å². The largest absolute Gasteiger partial charge is 0.320 e. The van der Waals surface area contributed by atoms with Crippen LogP contribution in [0.5, 0.6) is 0 Å². The molecule has 1 aliphatic heterocycles. The minimum atomic E-state index is 0.677. The standard InChI is InChI=1S/C12H21N3S/c1-13-6-2-5-11-9-16-12(15-11)8-10-4-3-7-14-10/h9-10,13-14H,2-8H2,1H3. The first-order valence-corrected chi connectivity index (χ1v) is 7.07. The molecule has 1 saturated heterocycles. The van der Waals surface area contributed by atoms with Crippen molar-refractivity contribution in [3.05, 3.63) is 16.1 Å². The van der Waals surface area contributed by atoms with Gasteiger partial charge in [-0.15, -0.1) is 11.3 Å². The molecule has 16 heavy (non-hydrogen) atoms. The molecule has 4 heteroatoms. The van der Waals surface area contributed by atoms with E-state index in [0.717, 1.165) is 19.4 Å². The van der Waals surface area contributed by atoms with Crippen LogP contribution in [0, 0.1) is 0 Å². The summed E-state index contributed by atoms with van der Waals surface area (Å²) in [5.41, 5.74) is 1.27. The van der Waals surface area contributed by atoms with E-state index in [2.05, 4.69) is 16.0 Å². The molecule has 0 radical (unpaired) electrons. The van der Waals surface area contributed by atoms with E-state index in [4.69, 9.17) is 4.98 Å². The smallest absolute Gasteiger partial charge is 0.0943 e. The average molecular weight is 239 g/mol. The number of nitrogens with one attached hydrogen (secondary N) is 2. The van der Waals surface area contributed by atoms with Crippen LogP contribution in [0.1, 0.15) is 30.0 Å². The summed E-state index contributed by atoms with van der Waals surface area (Å²) in [6.45, 7) is 2.27. The van der Waals surface area contributed by atoms with Crippen molar-refractivity contribution in [1.29, 1.82) is 0 Å². The average Bonchev–Trinajstić information content (AvgIpc) is 2.91. The Morgan fingerprint density at radius 2 is 2.56 bits per heavy atom. The first kappa shape index (κ1) is 12.0. The molecule has 0 aromatic carbocycles. The molecule has 0 spiro atoms. The van der Waals surface area contributed by atoms with Gasteiger partial charge in [0.2, 0.25) is 0 Å². The molecule has 2 heterocycles. The third-order valence-corrected chi connectivity index (χ3v) is 3.96. The summed E-state index contributed by atoms with van der Waals surface area (Å²) >= 11 is 1.82. The molecule has 3 nitrogen and oxygen atoms in total. The van der Waals surface area contributed by atoms with Crippen LogP contribution in [0.15, 0.2) is 5.38 Å². The second-order valence-electron chi connectivity index (χ2n) is 4.44. The summed E-state index contributed by atoms with van der Waals surface area (Å²) in [6.07, 6.45) is 6.05. The predicted octanol–water partition coefficient (Wildman–Crippen LogP) is 1.59. The lowest BCUT2D eigenvalue weighted by molar-refractivity contribution is 0.600. The Labute approximate surface area is 102 Å². The van der Waals surface area contributed by atoms with Gasteiger partial charge in [0, 0.05) is 17.8 Å². The lowest BCUT2D eigenvalue weighted by Gasteiger charge is -2.06. The van der Waals surface area contributed by atoms with Gasteiger partial charge in [-0.25, -0.2) is 4.98 Å². The van der Waals surface area contributed by atoms with Crippen LogP contribution < -0.4 is 10.6 Å². The Morgan fingerprint density at radius 3 is 3.31 bits per heavy atom. The van der Waals surface area contributed by atoms with Gasteiger partial charge in [0.1, 0.15) is 0 Å². The minimum absolute atomic E-state index is 0.677. The second-order valence-corrected chi connectivity index (χ2v) is 5.38. The fourth-order valence-electron chi connectivity index (χ4n) is 2.15. The van der Waals surface area contributed by atoms with Gasteiger partial charge in [0.25, 0.3) is 0 Å². The number of aryl methyl sites for hydroxylation is 1. The second kappa shape index (κ2) is 6.33. The summed E-state index contributed by atoms with van der Waals surface area (Å²) in [5, 5.41) is 10.2. The van der Waals surface area contributed by atoms with E-state index in [-0.39, 0.29) is 0 Å². The van der Waals surface area contributed by atoms with Crippen LogP contribution >= 0.6 is 11.3 Å². The van der Waals surface area contributed by atoms with E-state index in [9.17, 15) is 0 Å². The number of hydrogen-bond acceptors (Lipinski definition) is 4. The molecule has 1 fully saturated rings. The van der Waals surface area contributed by atoms with Crippen molar-refractivity contribution in [1.82, 2.24) is 15.6 Å². The first-order valence-electron chi connectivity index (χ1n) is 6.20. The van der Waals surface area contributed by atoms with Gasteiger partial charge in [-0.2, -0.15) is 0 Å². The number of rotatable bonds is 6. The lowest BCUT2D eigenvalue weighted by atomic mass is 10.2. The lowest BCUT2D eigenvalue weighted by Crippen LogP contribution is -2.23. The van der Waals surface area contributed by atoms with E-state index in [1.165, 1.54) is 36.5 Å². The summed E-state index contributed by atoms with van der Waals surface area (Å²) in [7, 11) is 2.00. The molecule has 0 bridgehead atoms. The maximum absolute atomic E-state index is 4.70. The van der Waals surface area contributed by atoms with E-state index >= 15 is 0 Å². The van der Waals surface area contributed by atoms with Crippen molar-refractivity contribution in [3.63, 3.8) is 0 Å². The maximum Gasteiger partial charge on any atom is 0.0943 e. The van der Waals surface area contributed by atoms with Gasteiger partial charge in [-0.1, -0.05) is 0 Å². The van der Waals surface area contributed by atoms with Gasteiger partial charge < -0.3 is 10.6 Å². The third kappa shape index (κ3) is 3.54.